The van der Waals surface area contributed by atoms with Gasteiger partial charge in [-0.25, -0.2) is 0 Å². The van der Waals surface area contributed by atoms with Gasteiger partial charge in [0.1, 0.15) is 12.4 Å². The molecule has 4 aliphatic rings. The van der Waals surface area contributed by atoms with E-state index >= 15 is 0 Å². The molecule has 196 valence electrons. The van der Waals surface area contributed by atoms with Crippen molar-refractivity contribution in [3.8, 4) is 5.75 Å². The molecule has 3 fully saturated rings. The standard InChI is InChI=1S/C29H42N4O3/c34-28(30-13-17-31-14-3-4-15-31)19-23-12-16-32-20-24(23)8-6-18-36-27-11-2-1-7-25(27)21-33(22-29(32)35)26-9-5-10-26/h1-2,6-8,11,23-24,26H,3-5,9-10,12-22H2,(H,30,34)/b8-6-/t23-,24-/m0/s1. The minimum atomic E-state index is 0.136. The van der Waals surface area contributed by atoms with E-state index in [1.54, 1.807) is 0 Å². The van der Waals surface area contributed by atoms with E-state index in [0.717, 1.165) is 69.8 Å². The van der Waals surface area contributed by atoms with Gasteiger partial charge in [-0.3, -0.25) is 14.5 Å². The molecule has 7 nitrogen and oxygen atoms in total. The zero-order valence-electron chi connectivity index (χ0n) is 21.6. The molecule has 3 aliphatic heterocycles. The Labute approximate surface area is 215 Å². The lowest BCUT2D eigenvalue weighted by molar-refractivity contribution is -0.136. The summed E-state index contributed by atoms with van der Waals surface area (Å²) in [6, 6.07) is 8.68. The zero-order chi connectivity index (χ0) is 24.7. The van der Waals surface area contributed by atoms with Crippen molar-refractivity contribution >= 4 is 11.8 Å². The molecule has 2 atom stereocenters. The van der Waals surface area contributed by atoms with Crippen molar-refractivity contribution < 1.29 is 14.3 Å². The molecule has 1 saturated carbocycles. The monoisotopic (exact) mass is 494 g/mol. The molecule has 1 aliphatic carbocycles. The first kappa shape index (κ1) is 25.3. The Balaban J connectivity index is 1.24. The van der Waals surface area contributed by atoms with Crippen LogP contribution in [0.3, 0.4) is 0 Å². The van der Waals surface area contributed by atoms with Crippen LogP contribution in [0.5, 0.6) is 5.75 Å². The highest BCUT2D eigenvalue weighted by molar-refractivity contribution is 5.79. The van der Waals surface area contributed by atoms with Gasteiger partial charge in [-0.05, 0) is 63.1 Å². The molecule has 0 radical (unpaired) electrons. The molecular weight excluding hydrogens is 452 g/mol. The lowest BCUT2D eigenvalue weighted by Crippen LogP contribution is -2.50. The smallest absolute Gasteiger partial charge is 0.236 e. The number of fused-ring (bicyclic) bond motifs is 3. The summed E-state index contributed by atoms with van der Waals surface area (Å²) in [6.45, 7) is 7.09. The van der Waals surface area contributed by atoms with E-state index in [2.05, 4.69) is 33.3 Å². The lowest BCUT2D eigenvalue weighted by Gasteiger charge is -2.41. The zero-order valence-corrected chi connectivity index (χ0v) is 21.6. The molecule has 36 heavy (non-hydrogen) atoms. The van der Waals surface area contributed by atoms with Gasteiger partial charge in [0.15, 0.2) is 0 Å². The van der Waals surface area contributed by atoms with Gasteiger partial charge in [-0.15, -0.1) is 0 Å². The second-order valence-electron chi connectivity index (χ2n) is 11.0. The largest absolute Gasteiger partial charge is 0.489 e. The van der Waals surface area contributed by atoms with Gasteiger partial charge < -0.3 is 19.9 Å². The Hall–Kier alpha value is -2.38. The number of nitrogens with one attached hydrogen (secondary N) is 1. The van der Waals surface area contributed by atoms with Crippen molar-refractivity contribution in [2.24, 2.45) is 11.8 Å². The summed E-state index contributed by atoms with van der Waals surface area (Å²) < 4.78 is 6.17. The van der Waals surface area contributed by atoms with Gasteiger partial charge in [0, 0.05) is 50.7 Å². The molecule has 7 heteroatoms. The van der Waals surface area contributed by atoms with E-state index in [1.807, 2.05) is 23.1 Å². The number of carbonyl (C=O) groups excluding carboxylic acids is 2. The van der Waals surface area contributed by atoms with Gasteiger partial charge in [-0.1, -0.05) is 36.8 Å². The van der Waals surface area contributed by atoms with E-state index < -0.39 is 0 Å². The fourth-order valence-corrected chi connectivity index (χ4v) is 6.10. The van der Waals surface area contributed by atoms with Crippen LogP contribution in [0.25, 0.3) is 0 Å². The van der Waals surface area contributed by atoms with Gasteiger partial charge in [0.05, 0.1) is 6.54 Å². The Morgan fingerprint density at radius 1 is 1.03 bits per heavy atom. The number of rotatable bonds is 6. The molecule has 2 amide bonds. The summed E-state index contributed by atoms with van der Waals surface area (Å²) in [5.74, 6) is 1.67. The number of carbonyl (C=O) groups is 2. The molecule has 0 aromatic heterocycles. The quantitative estimate of drug-likeness (QED) is 0.616. The second kappa shape index (κ2) is 12.2. The highest BCUT2D eigenvalue weighted by Crippen LogP contribution is 2.31. The first-order valence-corrected chi connectivity index (χ1v) is 14.0. The number of para-hydroxylation sites is 1. The van der Waals surface area contributed by atoms with Gasteiger partial charge in [-0.2, -0.15) is 0 Å². The van der Waals surface area contributed by atoms with Crippen molar-refractivity contribution in [1.29, 1.82) is 0 Å². The van der Waals surface area contributed by atoms with E-state index in [4.69, 9.17) is 4.74 Å². The van der Waals surface area contributed by atoms with E-state index in [-0.39, 0.29) is 23.7 Å². The molecule has 1 aromatic carbocycles. The number of ether oxygens (including phenoxy) is 1. The van der Waals surface area contributed by atoms with Crippen LogP contribution in [0.1, 0.15) is 50.5 Å². The first-order chi connectivity index (χ1) is 17.7. The minimum Gasteiger partial charge on any atom is -0.489 e. The van der Waals surface area contributed by atoms with E-state index in [0.29, 0.717) is 32.2 Å². The second-order valence-corrected chi connectivity index (χ2v) is 11.0. The SMILES string of the molecule is O=C(C[C@@H]1CCN2C[C@@H]1/C=C\COc1ccccc1CN(C1CCC1)CC2=O)NCCN1CCCC1. The number of amides is 2. The lowest BCUT2D eigenvalue weighted by atomic mass is 9.82. The highest BCUT2D eigenvalue weighted by atomic mass is 16.5. The van der Waals surface area contributed by atoms with Gasteiger partial charge >= 0.3 is 0 Å². The van der Waals surface area contributed by atoms with E-state index in [1.165, 1.54) is 19.3 Å². The molecular formula is C29H42N4O3. The molecule has 5 rings (SSSR count). The topological polar surface area (TPSA) is 65.1 Å². The van der Waals surface area contributed by atoms with Gasteiger partial charge in [0.2, 0.25) is 11.8 Å². The number of likely N-dealkylation sites (tertiary alicyclic amines) is 1. The summed E-state index contributed by atoms with van der Waals surface area (Å²) >= 11 is 0. The molecule has 3 heterocycles. The third kappa shape index (κ3) is 6.48. The Morgan fingerprint density at radius 2 is 1.86 bits per heavy atom. The Morgan fingerprint density at radius 3 is 2.67 bits per heavy atom. The van der Waals surface area contributed by atoms with Crippen molar-refractivity contribution in [2.75, 3.05) is 52.4 Å². The van der Waals surface area contributed by atoms with Crippen LogP contribution in [-0.2, 0) is 16.1 Å². The van der Waals surface area contributed by atoms with Crippen LogP contribution >= 0.6 is 0 Å². The average Bonchev–Trinajstić information content (AvgIpc) is 3.35. The predicted octanol–water partition coefficient (Wildman–Crippen LogP) is 3.06. The first-order valence-electron chi connectivity index (χ1n) is 14.0. The molecule has 1 N–H and O–H groups in total. The Bertz CT molecular complexity index is 925. The number of hydrogen-bond donors (Lipinski definition) is 1. The van der Waals surface area contributed by atoms with E-state index in [9.17, 15) is 9.59 Å². The normalized spacial score (nSPS) is 27.1. The van der Waals surface area contributed by atoms with Crippen molar-refractivity contribution in [3.05, 3.63) is 42.0 Å². The third-order valence-electron chi connectivity index (χ3n) is 8.55. The summed E-state index contributed by atoms with van der Waals surface area (Å²) in [5, 5.41) is 3.14. The molecule has 2 saturated heterocycles. The van der Waals surface area contributed by atoms with Crippen molar-refractivity contribution in [2.45, 2.75) is 57.5 Å². The van der Waals surface area contributed by atoms with Crippen LogP contribution in [0.4, 0.5) is 0 Å². The summed E-state index contributed by atoms with van der Waals surface area (Å²) in [4.78, 5) is 33.0. The predicted molar refractivity (Wildman–Crippen MR) is 141 cm³/mol. The maximum Gasteiger partial charge on any atom is 0.236 e. The third-order valence-corrected chi connectivity index (χ3v) is 8.55. The fraction of sp³-hybridized carbons (Fsp3) is 0.655. The van der Waals surface area contributed by atoms with Crippen molar-refractivity contribution in [1.82, 2.24) is 20.0 Å². The molecule has 2 bridgehead atoms. The van der Waals surface area contributed by atoms with Crippen LogP contribution in [-0.4, -0.2) is 85.0 Å². The average molecular weight is 495 g/mol. The Kier molecular flexibility index (Phi) is 8.59. The maximum atomic E-state index is 13.4. The van der Waals surface area contributed by atoms with Crippen molar-refractivity contribution in [3.63, 3.8) is 0 Å². The summed E-state index contributed by atoms with van der Waals surface area (Å²) in [5.41, 5.74) is 1.14. The molecule has 0 spiro atoms. The number of nitrogens with zero attached hydrogens (tertiary/aromatic N) is 3. The molecule has 0 unspecified atom stereocenters. The van der Waals surface area contributed by atoms with Crippen LogP contribution in [0.15, 0.2) is 36.4 Å². The summed E-state index contributed by atoms with van der Waals surface area (Å²) in [7, 11) is 0. The van der Waals surface area contributed by atoms with Crippen LogP contribution < -0.4 is 10.1 Å². The maximum absolute atomic E-state index is 13.4. The fourth-order valence-electron chi connectivity index (χ4n) is 6.10. The van der Waals surface area contributed by atoms with Gasteiger partial charge in [0.25, 0.3) is 0 Å². The number of hydrogen-bond acceptors (Lipinski definition) is 5. The number of piperidine rings is 1. The molecule has 1 aromatic rings. The van der Waals surface area contributed by atoms with Crippen LogP contribution in [0, 0.1) is 11.8 Å². The number of benzene rings is 1. The minimum absolute atomic E-state index is 0.136. The summed E-state index contributed by atoms with van der Waals surface area (Å²) in [6.07, 6.45) is 11.8. The highest BCUT2D eigenvalue weighted by Gasteiger charge is 2.34. The van der Waals surface area contributed by atoms with Crippen LogP contribution in [0.2, 0.25) is 0 Å².